The molecule has 0 aliphatic rings. The molecular formula is C16H30O2. The first-order valence-corrected chi connectivity index (χ1v) is 7.28. The Kier molecular flexibility index (Phi) is 8.78. The molecule has 106 valence electrons. The van der Waals surface area contributed by atoms with E-state index in [0.717, 1.165) is 12.8 Å². The van der Waals surface area contributed by atoms with Gasteiger partial charge in [-0.3, -0.25) is 0 Å². The number of unbranched alkanes of at least 4 members (excludes halogenated alkanes) is 6. The van der Waals surface area contributed by atoms with Crippen LogP contribution in [0.5, 0.6) is 0 Å². The Bertz CT molecular complexity index is 254. The van der Waals surface area contributed by atoms with Crippen LogP contribution in [-0.2, 0) is 9.53 Å². The zero-order valence-corrected chi connectivity index (χ0v) is 12.7. The molecule has 0 bridgehead atoms. The van der Waals surface area contributed by atoms with E-state index in [1.165, 1.54) is 38.5 Å². The Balaban J connectivity index is 3.64. The summed E-state index contributed by atoms with van der Waals surface area (Å²) in [6, 6.07) is 0. The fourth-order valence-electron chi connectivity index (χ4n) is 1.90. The Hall–Kier alpha value is -0.790. The van der Waals surface area contributed by atoms with Gasteiger partial charge in [-0.05, 0) is 33.6 Å². The van der Waals surface area contributed by atoms with Gasteiger partial charge in [0.05, 0.1) is 0 Å². The van der Waals surface area contributed by atoms with E-state index >= 15 is 0 Å². The number of carbonyl (C=O) groups is 1. The molecule has 0 atom stereocenters. The zero-order chi connectivity index (χ0) is 14.0. The summed E-state index contributed by atoms with van der Waals surface area (Å²) >= 11 is 0. The van der Waals surface area contributed by atoms with Crippen molar-refractivity contribution in [2.45, 2.75) is 84.7 Å². The van der Waals surface area contributed by atoms with E-state index in [-0.39, 0.29) is 11.6 Å². The van der Waals surface area contributed by atoms with Crippen molar-refractivity contribution in [2.24, 2.45) is 0 Å². The number of rotatable bonds is 10. The molecule has 0 aromatic heterocycles. The average molecular weight is 254 g/mol. The largest absolute Gasteiger partial charge is 0.456 e. The van der Waals surface area contributed by atoms with Gasteiger partial charge in [-0.2, -0.15) is 0 Å². The molecule has 0 fully saturated rings. The number of esters is 1. The second-order valence-electron chi connectivity index (χ2n) is 5.80. The third-order valence-corrected chi connectivity index (χ3v) is 3.10. The molecule has 2 nitrogen and oxygen atoms in total. The second-order valence-corrected chi connectivity index (χ2v) is 5.80. The molecule has 0 saturated carbocycles. The second kappa shape index (κ2) is 9.18. The van der Waals surface area contributed by atoms with E-state index in [1.807, 2.05) is 13.8 Å². The first-order valence-electron chi connectivity index (χ1n) is 7.28. The molecule has 0 radical (unpaired) electrons. The molecule has 0 aromatic rings. The lowest BCUT2D eigenvalue weighted by Crippen LogP contribution is -2.28. The van der Waals surface area contributed by atoms with Gasteiger partial charge in [0, 0.05) is 5.57 Å². The van der Waals surface area contributed by atoms with Crippen LogP contribution in [0.15, 0.2) is 12.2 Å². The predicted octanol–water partition coefficient (Wildman–Crippen LogP) is 5.03. The SMILES string of the molecule is C=C(C)C(=O)OC(C)(C)CCCCCCCCC. The van der Waals surface area contributed by atoms with Crippen LogP contribution in [0, 0.1) is 0 Å². The van der Waals surface area contributed by atoms with Gasteiger partial charge in [-0.25, -0.2) is 4.79 Å². The summed E-state index contributed by atoms with van der Waals surface area (Å²) in [6.45, 7) is 11.5. The van der Waals surface area contributed by atoms with Gasteiger partial charge in [0.1, 0.15) is 5.60 Å². The highest BCUT2D eigenvalue weighted by Gasteiger charge is 2.22. The summed E-state index contributed by atoms with van der Waals surface area (Å²) in [4.78, 5) is 11.4. The highest BCUT2D eigenvalue weighted by molar-refractivity contribution is 5.87. The molecule has 0 amide bonds. The fourth-order valence-corrected chi connectivity index (χ4v) is 1.90. The minimum atomic E-state index is -0.362. The van der Waals surface area contributed by atoms with Crippen LogP contribution in [0.1, 0.15) is 79.1 Å². The molecule has 0 aliphatic heterocycles. The van der Waals surface area contributed by atoms with E-state index in [4.69, 9.17) is 4.74 Å². The maximum absolute atomic E-state index is 11.4. The van der Waals surface area contributed by atoms with Crippen LogP contribution < -0.4 is 0 Å². The first-order chi connectivity index (χ1) is 8.39. The minimum Gasteiger partial charge on any atom is -0.456 e. The molecule has 0 rings (SSSR count). The van der Waals surface area contributed by atoms with Gasteiger partial charge in [0.25, 0.3) is 0 Å². The van der Waals surface area contributed by atoms with Gasteiger partial charge in [0.15, 0.2) is 0 Å². The van der Waals surface area contributed by atoms with E-state index in [9.17, 15) is 4.79 Å². The Morgan fingerprint density at radius 3 is 2.06 bits per heavy atom. The van der Waals surface area contributed by atoms with Crippen molar-refractivity contribution >= 4 is 5.97 Å². The topological polar surface area (TPSA) is 26.3 Å². The molecule has 0 unspecified atom stereocenters. The Morgan fingerprint density at radius 1 is 1.06 bits per heavy atom. The van der Waals surface area contributed by atoms with E-state index in [0.29, 0.717) is 5.57 Å². The van der Waals surface area contributed by atoms with Crippen LogP contribution in [0.4, 0.5) is 0 Å². The van der Waals surface area contributed by atoms with Gasteiger partial charge in [-0.15, -0.1) is 0 Å². The van der Waals surface area contributed by atoms with Crippen molar-refractivity contribution < 1.29 is 9.53 Å². The monoisotopic (exact) mass is 254 g/mol. The normalized spacial score (nSPS) is 11.3. The molecule has 18 heavy (non-hydrogen) atoms. The smallest absolute Gasteiger partial charge is 0.333 e. The third kappa shape index (κ3) is 9.26. The fraction of sp³-hybridized carbons (Fsp3) is 0.812. The molecule has 0 N–H and O–H groups in total. The third-order valence-electron chi connectivity index (χ3n) is 3.10. The van der Waals surface area contributed by atoms with Crippen LogP contribution in [0.3, 0.4) is 0 Å². The lowest BCUT2D eigenvalue weighted by Gasteiger charge is -2.25. The van der Waals surface area contributed by atoms with E-state index in [2.05, 4.69) is 13.5 Å². The molecule has 0 aromatic carbocycles. The van der Waals surface area contributed by atoms with Crippen molar-refractivity contribution in [2.75, 3.05) is 0 Å². The summed E-state index contributed by atoms with van der Waals surface area (Å²) < 4.78 is 5.41. The molecule has 0 heterocycles. The van der Waals surface area contributed by atoms with Crippen molar-refractivity contribution in [3.05, 3.63) is 12.2 Å². The molecule has 0 spiro atoms. The van der Waals surface area contributed by atoms with Gasteiger partial charge in [0.2, 0.25) is 0 Å². The summed E-state index contributed by atoms with van der Waals surface area (Å²) in [5.74, 6) is -0.275. The van der Waals surface area contributed by atoms with Crippen LogP contribution >= 0.6 is 0 Å². The highest BCUT2D eigenvalue weighted by Crippen LogP contribution is 2.20. The minimum absolute atomic E-state index is 0.275. The maximum Gasteiger partial charge on any atom is 0.333 e. The number of ether oxygens (including phenoxy) is 1. The number of hydrogen-bond acceptors (Lipinski definition) is 2. The van der Waals surface area contributed by atoms with Gasteiger partial charge < -0.3 is 4.74 Å². The van der Waals surface area contributed by atoms with Crippen molar-refractivity contribution in [1.82, 2.24) is 0 Å². The standard InChI is InChI=1S/C16H30O2/c1-6-7-8-9-10-11-12-13-16(4,5)18-15(17)14(2)3/h2,6-13H2,1,3-5H3. The molecule has 2 heteroatoms. The Labute approximate surface area is 113 Å². The quantitative estimate of drug-likeness (QED) is 0.311. The summed E-state index contributed by atoms with van der Waals surface area (Å²) in [5.41, 5.74) is 0.113. The maximum atomic E-state index is 11.4. The number of carbonyl (C=O) groups excluding carboxylic acids is 1. The van der Waals surface area contributed by atoms with Crippen LogP contribution in [-0.4, -0.2) is 11.6 Å². The average Bonchev–Trinajstić information content (AvgIpc) is 2.27. The lowest BCUT2D eigenvalue weighted by atomic mass is 9.99. The predicted molar refractivity (Wildman–Crippen MR) is 77.6 cm³/mol. The number of hydrogen-bond donors (Lipinski definition) is 0. The van der Waals surface area contributed by atoms with Crippen molar-refractivity contribution in [1.29, 1.82) is 0 Å². The first kappa shape index (κ1) is 17.2. The van der Waals surface area contributed by atoms with Crippen molar-refractivity contribution in [3.63, 3.8) is 0 Å². The van der Waals surface area contributed by atoms with Crippen molar-refractivity contribution in [3.8, 4) is 0 Å². The molecule has 0 aliphatic carbocycles. The highest BCUT2D eigenvalue weighted by atomic mass is 16.6. The van der Waals surface area contributed by atoms with Crippen LogP contribution in [0.25, 0.3) is 0 Å². The van der Waals surface area contributed by atoms with E-state index in [1.54, 1.807) is 6.92 Å². The van der Waals surface area contributed by atoms with Crippen LogP contribution in [0.2, 0.25) is 0 Å². The van der Waals surface area contributed by atoms with Gasteiger partial charge >= 0.3 is 5.97 Å². The summed E-state index contributed by atoms with van der Waals surface area (Å²) in [6.07, 6.45) is 9.92. The lowest BCUT2D eigenvalue weighted by molar-refractivity contribution is -0.152. The van der Waals surface area contributed by atoms with E-state index < -0.39 is 0 Å². The Morgan fingerprint density at radius 2 is 1.56 bits per heavy atom. The van der Waals surface area contributed by atoms with Gasteiger partial charge in [-0.1, -0.05) is 52.0 Å². The zero-order valence-electron chi connectivity index (χ0n) is 12.7. The molecule has 0 saturated heterocycles. The summed E-state index contributed by atoms with van der Waals surface area (Å²) in [5, 5.41) is 0. The summed E-state index contributed by atoms with van der Waals surface area (Å²) in [7, 11) is 0. The molecular weight excluding hydrogens is 224 g/mol.